The van der Waals surface area contributed by atoms with Crippen molar-refractivity contribution in [2.75, 3.05) is 0 Å². The fraction of sp³-hybridized carbons (Fsp3) is 0.222. The van der Waals surface area contributed by atoms with Crippen molar-refractivity contribution in [2.45, 2.75) is 30.6 Å². The van der Waals surface area contributed by atoms with Crippen LogP contribution >= 0.6 is 0 Å². The molecule has 24 heavy (non-hydrogen) atoms. The van der Waals surface area contributed by atoms with Gasteiger partial charge in [0.2, 0.25) is 0 Å². The van der Waals surface area contributed by atoms with Crippen molar-refractivity contribution in [1.82, 2.24) is 0 Å². The molecule has 0 N–H and O–H groups in total. The molecule has 2 aromatic carbocycles. The van der Waals surface area contributed by atoms with E-state index in [1.165, 1.54) is 17.5 Å². The molecule has 128 valence electrons. The Labute approximate surface area is 144 Å². The van der Waals surface area contributed by atoms with Gasteiger partial charge in [-0.2, -0.15) is 8.42 Å². The first kappa shape index (κ1) is 18.4. The normalized spacial score (nSPS) is 14.7. The minimum atomic E-state index is -4.03. The molecule has 0 amide bonds. The highest BCUT2D eigenvalue weighted by Crippen LogP contribution is 2.22. The zero-order valence-corrected chi connectivity index (χ0v) is 15.5. The van der Waals surface area contributed by atoms with E-state index in [-0.39, 0.29) is 10.8 Å². The Balaban J connectivity index is 2.65. The fourth-order valence-electron chi connectivity index (χ4n) is 1.92. The minimum Gasteiger partial charge on any atom is -0.239 e. The summed E-state index contributed by atoms with van der Waals surface area (Å²) in [5.41, 5.74) is 0.942. The molecule has 1 unspecified atom stereocenters. The smallest absolute Gasteiger partial charge is 0.239 e. The predicted molar refractivity (Wildman–Crippen MR) is 97.6 cm³/mol. The summed E-state index contributed by atoms with van der Waals surface area (Å²) in [7, 11) is -7.25. The van der Waals surface area contributed by atoms with Crippen molar-refractivity contribution in [2.24, 2.45) is 9.69 Å². The molecule has 2 aromatic rings. The molecule has 1 atom stereocenters. The molecule has 0 aliphatic rings. The molecule has 0 bridgehead atoms. The molecule has 0 saturated heterocycles. The maximum atomic E-state index is 13.3. The van der Waals surface area contributed by atoms with Gasteiger partial charge in [0.05, 0.1) is 9.79 Å². The van der Waals surface area contributed by atoms with Crippen molar-refractivity contribution in [3.05, 3.63) is 71.6 Å². The van der Waals surface area contributed by atoms with Crippen molar-refractivity contribution in [1.29, 1.82) is 0 Å². The van der Waals surface area contributed by atoms with Crippen LogP contribution in [-0.2, 0) is 19.8 Å². The number of hydrogen-bond acceptors (Lipinski definition) is 3. The zero-order chi connectivity index (χ0) is 17.8. The SMILES string of the molecule is Cc1ccc(S(=O)(=O)N=S(=O)(/C=C/C(C)C)c2ccccc2)cc1. The summed E-state index contributed by atoms with van der Waals surface area (Å²) in [5.74, 6) is 0.131. The molecule has 0 aliphatic carbocycles. The van der Waals surface area contributed by atoms with Crippen LogP contribution in [-0.4, -0.2) is 12.6 Å². The number of rotatable bonds is 5. The maximum absolute atomic E-state index is 13.3. The summed E-state index contributed by atoms with van der Waals surface area (Å²) in [6.07, 6.45) is 1.71. The van der Waals surface area contributed by atoms with Gasteiger partial charge in [0.1, 0.15) is 9.73 Å². The van der Waals surface area contributed by atoms with Gasteiger partial charge in [0.15, 0.2) is 0 Å². The lowest BCUT2D eigenvalue weighted by Crippen LogP contribution is -2.04. The molecule has 0 saturated carbocycles. The van der Waals surface area contributed by atoms with E-state index in [0.717, 1.165) is 5.56 Å². The second-order valence-corrected chi connectivity index (χ2v) is 9.72. The second kappa shape index (κ2) is 7.32. The van der Waals surface area contributed by atoms with Gasteiger partial charge in [-0.25, -0.2) is 4.21 Å². The molecule has 0 aliphatic heterocycles. The third-order valence-electron chi connectivity index (χ3n) is 3.26. The van der Waals surface area contributed by atoms with Crippen LogP contribution in [0.25, 0.3) is 0 Å². The van der Waals surface area contributed by atoms with E-state index in [1.54, 1.807) is 48.5 Å². The number of allylic oxidation sites excluding steroid dienone is 1. The average molecular weight is 364 g/mol. The van der Waals surface area contributed by atoms with Gasteiger partial charge in [0.25, 0.3) is 10.0 Å². The highest BCUT2D eigenvalue weighted by atomic mass is 32.3. The third kappa shape index (κ3) is 4.55. The van der Waals surface area contributed by atoms with E-state index in [0.29, 0.717) is 4.90 Å². The van der Waals surface area contributed by atoms with Crippen molar-refractivity contribution in [3.63, 3.8) is 0 Å². The molecule has 0 radical (unpaired) electrons. The van der Waals surface area contributed by atoms with Gasteiger partial charge in [0, 0.05) is 5.41 Å². The van der Waals surface area contributed by atoms with Crippen LogP contribution in [0.1, 0.15) is 19.4 Å². The first-order valence-corrected chi connectivity index (χ1v) is 10.6. The summed E-state index contributed by atoms with van der Waals surface area (Å²) in [6.45, 7) is 5.72. The topological polar surface area (TPSA) is 63.6 Å². The molecule has 2 rings (SSSR count). The zero-order valence-electron chi connectivity index (χ0n) is 13.9. The van der Waals surface area contributed by atoms with E-state index in [1.807, 2.05) is 20.8 Å². The summed E-state index contributed by atoms with van der Waals surface area (Å²) >= 11 is 0. The first-order valence-electron chi connectivity index (χ1n) is 7.56. The van der Waals surface area contributed by atoms with Gasteiger partial charge in [-0.3, -0.25) is 0 Å². The number of nitrogens with zero attached hydrogens (tertiary/aromatic N) is 1. The Morgan fingerprint density at radius 3 is 2.00 bits per heavy atom. The Morgan fingerprint density at radius 2 is 1.46 bits per heavy atom. The molecular weight excluding hydrogens is 342 g/mol. The van der Waals surface area contributed by atoms with Gasteiger partial charge in [-0.05, 0) is 37.1 Å². The maximum Gasteiger partial charge on any atom is 0.290 e. The summed E-state index contributed by atoms with van der Waals surface area (Å²) in [4.78, 5) is 0.410. The van der Waals surface area contributed by atoms with Crippen LogP contribution in [0.3, 0.4) is 0 Å². The number of aryl methyl sites for hydroxylation is 1. The Bertz CT molecular complexity index is 936. The summed E-state index contributed by atoms with van der Waals surface area (Å²) < 4.78 is 42.3. The largest absolute Gasteiger partial charge is 0.290 e. The lowest BCUT2D eigenvalue weighted by Gasteiger charge is -2.07. The summed E-state index contributed by atoms with van der Waals surface area (Å²) in [5, 5.41) is 1.40. The minimum absolute atomic E-state index is 0.0368. The van der Waals surface area contributed by atoms with E-state index in [4.69, 9.17) is 0 Å². The van der Waals surface area contributed by atoms with Gasteiger partial charge in [-0.1, -0.05) is 59.6 Å². The van der Waals surface area contributed by atoms with Gasteiger partial charge >= 0.3 is 0 Å². The van der Waals surface area contributed by atoms with Crippen LogP contribution < -0.4 is 0 Å². The van der Waals surface area contributed by atoms with Crippen LogP contribution in [0.4, 0.5) is 0 Å². The highest BCUT2D eigenvalue weighted by Gasteiger charge is 2.19. The Morgan fingerprint density at radius 1 is 0.875 bits per heavy atom. The highest BCUT2D eigenvalue weighted by molar-refractivity contribution is 8.05. The second-order valence-electron chi connectivity index (χ2n) is 5.82. The molecule has 6 heteroatoms. The number of hydrogen-bond donors (Lipinski definition) is 0. The summed E-state index contributed by atoms with van der Waals surface area (Å²) in [6, 6.07) is 14.8. The fourth-order valence-corrected chi connectivity index (χ4v) is 5.69. The lowest BCUT2D eigenvalue weighted by molar-refractivity contribution is 0.598. The standard InChI is InChI=1S/C18H21NO3S2/c1-15(2)13-14-23(20,17-7-5-4-6-8-17)19-24(21,22)18-11-9-16(3)10-12-18/h4-15H,1-3H3/b14-13+. The first-order chi connectivity index (χ1) is 11.2. The van der Waals surface area contributed by atoms with E-state index >= 15 is 0 Å². The molecule has 0 heterocycles. The molecule has 4 nitrogen and oxygen atoms in total. The van der Waals surface area contributed by atoms with Crippen LogP contribution in [0.2, 0.25) is 0 Å². The predicted octanol–water partition coefficient (Wildman–Crippen LogP) is 4.38. The molecule has 0 fully saturated rings. The number of sulfonamides is 1. The third-order valence-corrected chi connectivity index (χ3v) is 7.27. The van der Waals surface area contributed by atoms with E-state index in [2.05, 4.69) is 3.77 Å². The molecule has 0 spiro atoms. The number of benzene rings is 2. The average Bonchev–Trinajstić information content (AvgIpc) is 2.54. The molecule has 0 aromatic heterocycles. The van der Waals surface area contributed by atoms with Crippen molar-refractivity contribution in [3.8, 4) is 0 Å². The Hall–Kier alpha value is -1.92. The Kier molecular flexibility index (Phi) is 5.62. The van der Waals surface area contributed by atoms with Gasteiger partial charge < -0.3 is 0 Å². The van der Waals surface area contributed by atoms with E-state index in [9.17, 15) is 12.6 Å². The molecular formula is C18H21NO3S2. The van der Waals surface area contributed by atoms with Crippen LogP contribution in [0, 0.1) is 12.8 Å². The van der Waals surface area contributed by atoms with Crippen LogP contribution in [0.5, 0.6) is 0 Å². The van der Waals surface area contributed by atoms with Crippen molar-refractivity contribution >= 4 is 19.8 Å². The van der Waals surface area contributed by atoms with E-state index < -0.39 is 19.8 Å². The van der Waals surface area contributed by atoms with Crippen LogP contribution in [0.15, 0.2) is 79.6 Å². The van der Waals surface area contributed by atoms with Crippen molar-refractivity contribution < 1.29 is 12.6 Å². The van der Waals surface area contributed by atoms with Gasteiger partial charge in [-0.15, -0.1) is 0 Å². The lowest BCUT2D eigenvalue weighted by atomic mass is 10.2. The monoisotopic (exact) mass is 363 g/mol. The quantitative estimate of drug-likeness (QED) is 0.792.